The SMILES string of the molecule is C1=C2CC(=C1)OO2. The number of rotatable bonds is 0. The average Bonchev–Trinajstić information content (AvgIpc) is 2.22. The molecule has 36 valence electrons. The highest BCUT2D eigenvalue weighted by molar-refractivity contribution is 5.25. The van der Waals surface area contributed by atoms with Gasteiger partial charge in [0.25, 0.3) is 0 Å². The summed E-state index contributed by atoms with van der Waals surface area (Å²) in [6, 6.07) is 0. The normalized spacial score (nSPS) is 22.9. The summed E-state index contributed by atoms with van der Waals surface area (Å²) in [6.45, 7) is 0. The van der Waals surface area contributed by atoms with Crippen molar-refractivity contribution in [2.45, 2.75) is 6.42 Å². The molecule has 1 saturated heterocycles. The van der Waals surface area contributed by atoms with Crippen molar-refractivity contribution in [1.82, 2.24) is 0 Å². The van der Waals surface area contributed by atoms with Crippen LogP contribution in [-0.4, -0.2) is 0 Å². The van der Waals surface area contributed by atoms with Gasteiger partial charge in [-0.3, -0.25) is 9.78 Å². The molecule has 0 N–H and O–H groups in total. The van der Waals surface area contributed by atoms with Crippen LogP contribution in [0.15, 0.2) is 23.7 Å². The van der Waals surface area contributed by atoms with Gasteiger partial charge in [0.2, 0.25) is 0 Å². The lowest BCUT2D eigenvalue weighted by Crippen LogP contribution is -1.78. The summed E-state index contributed by atoms with van der Waals surface area (Å²) in [6.07, 6.45) is 4.69. The van der Waals surface area contributed by atoms with E-state index in [0.29, 0.717) is 0 Å². The van der Waals surface area contributed by atoms with Gasteiger partial charge in [0.1, 0.15) is 0 Å². The van der Waals surface area contributed by atoms with E-state index in [-0.39, 0.29) is 0 Å². The Bertz CT molecular complexity index is 137. The van der Waals surface area contributed by atoms with Gasteiger partial charge < -0.3 is 0 Å². The average molecular weight is 96.1 g/mol. The first-order valence-electron chi connectivity index (χ1n) is 2.19. The maximum Gasteiger partial charge on any atom is 0.163 e. The lowest BCUT2D eigenvalue weighted by Gasteiger charge is -1.94. The Morgan fingerprint density at radius 2 is 1.71 bits per heavy atom. The second kappa shape index (κ2) is 0.832. The molecule has 2 aliphatic rings. The predicted molar refractivity (Wildman–Crippen MR) is 23.0 cm³/mol. The Morgan fingerprint density at radius 3 is 1.86 bits per heavy atom. The Hall–Kier alpha value is -0.920. The number of fused-ring (bicyclic) bond motifs is 2. The third-order valence-electron chi connectivity index (χ3n) is 1.06. The molecule has 2 nitrogen and oxygen atoms in total. The van der Waals surface area contributed by atoms with E-state index in [2.05, 4.69) is 9.78 Å². The van der Waals surface area contributed by atoms with Gasteiger partial charge in [-0.2, -0.15) is 0 Å². The molecule has 0 radical (unpaired) electrons. The van der Waals surface area contributed by atoms with Gasteiger partial charge in [-0.15, -0.1) is 0 Å². The first-order valence-corrected chi connectivity index (χ1v) is 2.19. The van der Waals surface area contributed by atoms with E-state index < -0.39 is 0 Å². The predicted octanol–water partition coefficient (Wildman–Crippen LogP) is 1.12. The Labute approximate surface area is 41.0 Å². The number of hydrogen-bond acceptors (Lipinski definition) is 2. The van der Waals surface area contributed by atoms with E-state index in [1.54, 1.807) is 0 Å². The standard InChI is InChI=1S/C5H4O2/c1-2-5-3-4(1)6-7-5/h1-2H,3H2. The Kier molecular flexibility index (Phi) is 0.372. The van der Waals surface area contributed by atoms with Gasteiger partial charge >= 0.3 is 0 Å². The van der Waals surface area contributed by atoms with Crippen LogP contribution in [0.3, 0.4) is 0 Å². The molecule has 2 bridgehead atoms. The van der Waals surface area contributed by atoms with E-state index in [0.717, 1.165) is 17.9 Å². The van der Waals surface area contributed by atoms with Gasteiger partial charge in [0.15, 0.2) is 11.5 Å². The van der Waals surface area contributed by atoms with Crippen LogP contribution in [0.5, 0.6) is 0 Å². The lowest BCUT2D eigenvalue weighted by molar-refractivity contribution is -0.198. The highest BCUT2D eigenvalue weighted by Gasteiger charge is 2.20. The minimum absolute atomic E-state index is 0.861. The van der Waals surface area contributed by atoms with E-state index in [1.165, 1.54) is 0 Å². The molecule has 0 amide bonds. The Balaban J connectivity index is 2.45. The van der Waals surface area contributed by atoms with Crippen molar-refractivity contribution in [1.29, 1.82) is 0 Å². The summed E-state index contributed by atoms with van der Waals surface area (Å²) in [5.74, 6) is 1.85. The van der Waals surface area contributed by atoms with Crippen LogP contribution in [0.25, 0.3) is 0 Å². The molecular formula is C5H4O2. The van der Waals surface area contributed by atoms with Gasteiger partial charge in [0, 0.05) is 0 Å². The molecule has 1 aliphatic carbocycles. The molecule has 1 fully saturated rings. The fourth-order valence-electron chi connectivity index (χ4n) is 0.697. The molecule has 2 heteroatoms. The molecule has 0 spiro atoms. The van der Waals surface area contributed by atoms with Crippen LogP contribution < -0.4 is 0 Å². The molecule has 0 saturated carbocycles. The zero-order chi connectivity index (χ0) is 4.69. The van der Waals surface area contributed by atoms with E-state index in [1.807, 2.05) is 12.2 Å². The van der Waals surface area contributed by atoms with Crippen molar-refractivity contribution in [2.75, 3.05) is 0 Å². The van der Waals surface area contributed by atoms with Crippen LogP contribution in [0, 0.1) is 0 Å². The second-order valence-electron chi connectivity index (χ2n) is 1.61. The van der Waals surface area contributed by atoms with E-state index in [9.17, 15) is 0 Å². The van der Waals surface area contributed by atoms with Crippen LogP contribution in [0.2, 0.25) is 0 Å². The van der Waals surface area contributed by atoms with Crippen LogP contribution >= 0.6 is 0 Å². The van der Waals surface area contributed by atoms with Crippen molar-refractivity contribution >= 4 is 0 Å². The lowest BCUT2D eigenvalue weighted by atomic mass is 10.4. The van der Waals surface area contributed by atoms with Gasteiger partial charge in [-0.05, 0) is 12.2 Å². The van der Waals surface area contributed by atoms with Crippen LogP contribution in [0.4, 0.5) is 0 Å². The maximum atomic E-state index is 4.64. The molecule has 0 aromatic heterocycles. The molecule has 1 aliphatic heterocycles. The third kappa shape index (κ3) is 0.282. The molecule has 0 unspecified atom stereocenters. The first-order chi connectivity index (χ1) is 3.45. The fourth-order valence-corrected chi connectivity index (χ4v) is 0.697. The highest BCUT2D eigenvalue weighted by Crippen LogP contribution is 2.28. The van der Waals surface area contributed by atoms with Crippen molar-refractivity contribution in [3.63, 3.8) is 0 Å². The van der Waals surface area contributed by atoms with Crippen molar-refractivity contribution in [2.24, 2.45) is 0 Å². The zero-order valence-electron chi connectivity index (χ0n) is 3.68. The van der Waals surface area contributed by atoms with Crippen molar-refractivity contribution in [3.05, 3.63) is 23.7 Å². The van der Waals surface area contributed by atoms with Gasteiger partial charge in [0.05, 0.1) is 6.42 Å². The summed E-state index contributed by atoms with van der Waals surface area (Å²) in [5, 5.41) is 0. The summed E-state index contributed by atoms with van der Waals surface area (Å²) < 4.78 is 0. The summed E-state index contributed by atoms with van der Waals surface area (Å²) >= 11 is 0. The monoisotopic (exact) mass is 96.0 g/mol. The summed E-state index contributed by atoms with van der Waals surface area (Å²) in [7, 11) is 0. The maximum absolute atomic E-state index is 4.64. The topological polar surface area (TPSA) is 18.5 Å². The van der Waals surface area contributed by atoms with E-state index in [4.69, 9.17) is 0 Å². The zero-order valence-corrected chi connectivity index (χ0v) is 3.68. The first kappa shape index (κ1) is 3.13. The molecule has 2 rings (SSSR count). The van der Waals surface area contributed by atoms with Crippen LogP contribution in [0.1, 0.15) is 6.42 Å². The highest BCUT2D eigenvalue weighted by atomic mass is 17.2. The van der Waals surface area contributed by atoms with Crippen molar-refractivity contribution < 1.29 is 9.78 Å². The third-order valence-corrected chi connectivity index (χ3v) is 1.06. The summed E-state index contributed by atoms with van der Waals surface area (Å²) in [4.78, 5) is 9.29. The largest absolute Gasteiger partial charge is 0.294 e. The number of allylic oxidation sites excluding steroid dienone is 2. The molecular weight excluding hydrogens is 92.1 g/mol. The molecule has 7 heavy (non-hydrogen) atoms. The van der Waals surface area contributed by atoms with E-state index >= 15 is 0 Å². The number of hydrogen-bond donors (Lipinski definition) is 0. The van der Waals surface area contributed by atoms with Crippen LogP contribution in [-0.2, 0) is 9.78 Å². The Morgan fingerprint density at radius 1 is 1.14 bits per heavy atom. The minimum Gasteiger partial charge on any atom is -0.294 e. The fraction of sp³-hybridized carbons (Fsp3) is 0.200. The summed E-state index contributed by atoms with van der Waals surface area (Å²) in [5.41, 5.74) is 0. The molecule has 0 atom stereocenters. The molecule has 0 aromatic carbocycles. The second-order valence-corrected chi connectivity index (χ2v) is 1.61. The van der Waals surface area contributed by atoms with Gasteiger partial charge in [-0.25, -0.2) is 0 Å². The van der Waals surface area contributed by atoms with Gasteiger partial charge in [-0.1, -0.05) is 0 Å². The quantitative estimate of drug-likeness (QED) is 0.421. The molecule has 1 heterocycles. The smallest absolute Gasteiger partial charge is 0.163 e. The molecule has 0 aromatic rings. The minimum atomic E-state index is 0.861. The van der Waals surface area contributed by atoms with Crippen molar-refractivity contribution in [3.8, 4) is 0 Å².